The number of sulfonamides is 1. The molecule has 1 amide bonds. The van der Waals surface area contributed by atoms with Crippen LogP contribution in [-0.4, -0.2) is 31.7 Å². The molecule has 0 spiro atoms. The van der Waals surface area contributed by atoms with Crippen LogP contribution in [0.3, 0.4) is 0 Å². The van der Waals surface area contributed by atoms with Crippen molar-refractivity contribution >= 4 is 15.9 Å². The van der Waals surface area contributed by atoms with E-state index in [1.165, 1.54) is 27.6 Å². The largest absolute Gasteiger partial charge is 0.348 e. The van der Waals surface area contributed by atoms with Gasteiger partial charge in [0.15, 0.2) is 0 Å². The van der Waals surface area contributed by atoms with Crippen LogP contribution >= 0.6 is 0 Å². The molecule has 0 fully saturated rings. The Bertz CT molecular complexity index is 909. The minimum absolute atomic E-state index is 0.192. The lowest BCUT2D eigenvalue weighted by Crippen LogP contribution is -2.41. The SMILES string of the molecule is CCN(CC(=O)N[C@H](C)c1cc(C)c(C)cc1C)S(=O)(=O)c1ccccc1. The van der Waals surface area contributed by atoms with E-state index >= 15 is 0 Å². The van der Waals surface area contributed by atoms with Gasteiger partial charge in [0, 0.05) is 6.54 Å². The van der Waals surface area contributed by atoms with E-state index in [0.717, 1.165) is 11.1 Å². The molecule has 5 nitrogen and oxygen atoms in total. The van der Waals surface area contributed by atoms with Gasteiger partial charge in [0.05, 0.1) is 17.5 Å². The molecule has 0 aromatic heterocycles. The first kappa shape index (κ1) is 21.1. The Kier molecular flexibility index (Phi) is 6.78. The Morgan fingerprint density at radius 3 is 2.22 bits per heavy atom. The molecule has 2 rings (SSSR count). The van der Waals surface area contributed by atoms with Crippen molar-refractivity contribution in [1.29, 1.82) is 0 Å². The minimum atomic E-state index is -3.69. The van der Waals surface area contributed by atoms with E-state index < -0.39 is 10.0 Å². The number of nitrogens with zero attached hydrogens (tertiary/aromatic N) is 1. The normalized spacial score (nSPS) is 12.8. The fourth-order valence-corrected chi connectivity index (χ4v) is 4.51. The first-order chi connectivity index (χ1) is 12.7. The number of likely N-dealkylation sites (N-methyl/N-ethyl adjacent to an activating group) is 1. The molecule has 0 unspecified atom stereocenters. The van der Waals surface area contributed by atoms with Crippen LogP contribution in [0.5, 0.6) is 0 Å². The van der Waals surface area contributed by atoms with Crippen molar-refractivity contribution in [3.8, 4) is 0 Å². The zero-order chi connectivity index (χ0) is 20.2. The molecule has 0 saturated heterocycles. The number of benzene rings is 2. The molecule has 1 N–H and O–H groups in total. The Labute approximate surface area is 162 Å². The molecule has 0 radical (unpaired) electrons. The summed E-state index contributed by atoms with van der Waals surface area (Å²) in [6.07, 6.45) is 0. The molecule has 146 valence electrons. The zero-order valence-corrected chi connectivity index (χ0v) is 17.4. The van der Waals surface area contributed by atoms with Crippen LogP contribution in [0.1, 0.15) is 42.1 Å². The van der Waals surface area contributed by atoms with Gasteiger partial charge in [-0.25, -0.2) is 8.42 Å². The molecule has 2 aromatic rings. The second-order valence-corrected chi connectivity index (χ2v) is 8.76. The summed E-state index contributed by atoms with van der Waals surface area (Å²) in [6.45, 7) is 9.77. The summed E-state index contributed by atoms with van der Waals surface area (Å²) in [5.74, 6) is -0.318. The van der Waals surface area contributed by atoms with Gasteiger partial charge in [0.1, 0.15) is 0 Å². The van der Waals surface area contributed by atoms with Crippen molar-refractivity contribution in [3.63, 3.8) is 0 Å². The molecule has 1 atom stereocenters. The molecule has 0 saturated carbocycles. The van der Waals surface area contributed by atoms with Crippen LogP contribution < -0.4 is 5.32 Å². The number of hydrogen-bond donors (Lipinski definition) is 1. The van der Waals surface area contributed by atoms with Gasteiger partial charge in [-0.05, 0) is 62.1 Å². The second kappa shape index (κ2) is 8.67. The number of aryl methyl sites for hydroxylation is 3. The van der Waals surface area contributed by atoms with E-state index in [-0.39, 0.29) is 29.9 Å². The Balaban J connectivity index is 2.13. The topological polar surface area (TPSA) is 66.5 Å². The third-order valence-corrected chi connectivity index (χ3v) is 6.72. The quantitative estimate of drug-likeness (QED) is 0.789. The fourth-order valence-electron chi connectivity index (χ4n) is 3.08. The van der Waals surface area contributed by atoms with Gasteiger partial charge in [0.2, 0.25) is 15.9 Å². The van der Waals surface area contributed by atoms with Crippen LogP contribution in [0.4, 0.5) is 0 Å². The van der Waals surface area contributed by atoms with Crippen molar-refractivity contribution < 1.29 is 13.2 Å². The molecule has 6 heteroatoms. The van der Waals surface area contributed by atoms with Crippen LogP contribution in [-0.2, 0) is 14.8 Å². The van der Waals surface area contributed by atoms with E-state index in [1.54, 1.807) is 25.1 Å². The van der Waals surface area contributed by atoms with Gasteiger partial charge in [-0.2, -0.15) is 4.31 Å². The highest BCUT2D eigenvalue weighted by atomic mass is 32.2. The third kappa shape index (κ3) is 4.96. The summed E-state index contributed by atoms with van der Waals surface area (Å²) in [5.41, 5.74) is 4.52. The number of amides is 1. The maximum atomic E-state index is 12.7. The average Bonchev–Trinajstić information content (AvgIpc) is 2.63. The summed E-state index contributed by atoms with van der Waals surface area (Å²) in [5, 5.41) is 2.93. The molecule has 0 aliphatic heterocycles. The molecular weight excluding hydrogens is 360 g/mol. The molecule has 0 bridgehead atoms. The zero-order valence-electron chi connectivity index (χ0n) is 16.6. The maximum absolute atomic E-state index is 12.7. The van der Waals surface area contributed by atoms with Gasteiger partial charge in [-0.3, -0.25) is 4.79 Å². The van der Waals surface area contributed by atoms with E-state index in [4.69, 9.17) is 0 Å². The summed E-state index contributed by atoms with van der Waals surface area (Å²) < 4.78 is 26.7. The van der Waals surface area contributed by atoms with Crippen molar-refractivity contribution in [2.24, 2.45) is 0 Å². The third-order valence-electron chi connectivity index (χ3n) is 4.78. The molecule has 27 heavy (non-hydrogen) atoms. The summed E-state index contributed by atoms with van der Waals surface area (Å²) in [7, 11) is -3.69. The lowest BCUT2D eigenvalue weighted by atomic mass is 9.96. The van der Waals surface area contributed by atoms with Crippen molar-refractivity contribution in [2.45, 2.75) is 45.6 Å². The summed E-state index contributed by atoms with van der Waals surface area (Å²) in [6, 6.07) is 12.2. The van der Waals surface area contributed by atoms with Gasteiger partial charge < -0.3 is 5.32 Å². The predicted octanol–water partition coefficient (Wildman–Crippen LogP) is 3.50. The Morgan fingerprint density at radius 1 is 1.04 bits per heavy atom. The van der Waals surface area contributed by atoms with Crippen LogP contribution in [0.15, 0.2) is 47.4 Å². The second-order valence-electron chi connectivity index (χ2n) is 6.83. The number of carbonyl (C=O) groups is 1. The standard InChI is InChI=1S/C21H28N2O3S/c1-6-23(27(25,26)19-10-8-7-9-11-19)14-21(24)22-18(5)20-13-16(3)15(2)12-17(20)4/h7-13,18H,6,14H2,1-5H3,(H,22,24)/t18-/m1/s1. The number of hydrogen-bond acceptors (Lipinski definition) is 3. The van der Waals surface area contributed by atoms with Crippen molar-refractivity contribution in [2.75, 3.05) is 13.1 Å². The van der Waals surface area contributed by atoms with E-state index in [0.29, 0.717) is 0 Å². The molecule has 0 aliphatic carbocycles. The van der Waals surface area contributed by atoms with Crippen molar-refractivity contribution in [1.82, 2.24) is 9.62 Å². The Morgan fingerprint density at radius 2 is 1.63 bits per heavy atom. The van der Waals surface area contributed by atoms with Gasteiger partial charge >= 0.3 is 0 Å². The molecule has 2 aromatic carbocycles. The lowest BCUT2D eigenvalue weighted by Gasteiger charge is -2.23. The molecule has 0 aliphatic rings. The summed E-state index contributed by atoms with van der Waals surface area (Å²) >= 11 is 0. The summed E-state index contributed by atoms with van der Waals surface area (Å²) in [4.78, 5) is 12.7. The Hall–Kier alpha value is -2.18. The highest BCUT2D eigenvalue weighted by Gasteiger charge is 2.25. The highest BCUT2D eigenvalue weighted by Crippen LogP contribution is 2.22. The van der Waals surface area contributed by atoms with Gasteiger partial charge in [-0.15, -0.1) is 0 Å². The fraction of sp³-hybridized carbons (Fsp3) is 0.381. The maximum Gasteiger partial charge on any atom is 0.243 e. The van der Waals surface area contributed by atoms with Crippen molar-refractivity contribution in [3.05, 3.63) is 64.7 Å². The number of rotatable bonds is 7. The first-order valence-electron chi connectivity index (χ1n) is 9.09. The van der Waals surface area contributed by atoms with Crippen LogP contribution in [0.25, 0.3) is 0 Å². The highest BCUT2D eigenvalue weighted by molar-refractivity contribution is 7.89. The number of nitrogens with one attached hydrogen (secondary N) is 1. The van der Waals surface area contributed by atoms with Gasteiger partial charge in [0.25, 0.3) is 0 Å². The first-order valence-corrected chi connectivity index (χ1v) is 10.5. The van der Waals surface area contributed by atoms with Crippen LogP contribution in [0.2, 0.25) is 0 Å². The monoisotopic (exact) mass is 388 g/mol. The molecule has 0 heterocycles. The average molecular weight is 389 g/mol. The minimum Gasteiger partial charge on any atom is -0.348 e. The smallest absolute Gasteiger partial charge is 0.243 e. The molecular formula is C21H28N2O3S. The van der Waals surface area contributed by atoms with E-state index in [1.807, 2.05) is 20.8 Å². The van der Waals surface area contributed by atoms with E-state index in [2.05, 4.69) is 24.4 Å². The van der Waals surface area contributed by atoms with E-state index in [9.17, 15) is 13.2 Å². The van der Waals surface area contributed by atoms with Gasteiger partial charge in [-0.1, -0.05) is 37.3 Å². The van der Waals surface area contributed by atoms with Crippen LogP contribution in [0, 0.1) is 20.8 Å². The predicted molar refractivity (Wildman–Crippen MR) is 108 cm³/mol. The lowest BCUT2D eigenvalue weighted by molar-refractivity contribution is -0.121. The number of carbonyl (C=O) groups excluding carboxylic acids is 1.